The first-order valence-electron chi connectivity index (χ1n) is 7.31. The van der Waals surface area contributed by atoms with Crippen LogP contribution in [0.2, 0.25) is 0 Å². The van der Waals surface area contributed by atoms with E-state index in [9.17, 15) is 4.39 Å². The van der Waals surface area contributed by atoms with E-state index in [0.717, 1.165) is 0 Å². The van der Waals surface area contributed by atoms with Crippen molar-refractivity contribution >= 4 is 12.4 Å². The maximum absolute atomic E-state index is 13.0. The van der Waals surface area contributed by atoms with E-state index in [2.05, 4.69) is 11.8 Å². The zero-order valence-electron chi connectivity index (χ0n) is 11.8. The number of benzene rings is 1. The minimum absolute atomic E-state index is 0. The van der Waals surface area contributed by atoms with E-state index in [1.54, 1.807) is 12.1 Å². The largest absolute Gasteiger partial charge is 0.296 e. The predicted octanol–water partition coefficient (Wildman–Crippen LogP) is 4.96. The molecule has 0 N–H and O–H groups in total. The minimum Gasteiger partial charge on any atom is -0.296 e. The molecule has 1 aliphatic rings. The SMILES string of the molecule is CCCCCN1CCCCC1c1ccc(F)cc1.Cl. The van der Waals surface area contributed by atoms with Gasteiger partial charge in [0.2, 0.25) is 0 Å². The molecule has 1 aromatic carbocycles. The molecule has 1 heterocycles. The molecule has 1 fully saturated rings. The summed E-state index contributed by atoms with van der Waals surface area (Å²) in [6.07, 6.45) is 7.70. The molecule has 19 heavy (non-hydrogen) atoms. The average Bonchev–Trinajstić information content (AvgIpc) is 2.41. The second kappa shape index (κ2) is 8.55. The summed E-state index contributed by atoms with van der Waals surface area (Å²) >= 11 is 0. The summed E-state index contributed by atoms with van der Waals surface area (Å²) in [6, 6.07) is 7.61. The fourth-order valence-corrected chi connectivity index (χ4v) is 2.89. The number of hydrogen-bond acceptors (Lipinski definition) is 1. The van der Waals surface area contributed by atoms with Crippen molar-refractivity contribution in [2.75, 3.05) is 13.1 Å². The molecule has 1 saturated heterocycles. The van der Waals surface area contributed by atoms with E-state index in [0.29, 0.717) is 6.04 Å². The van der Waals surface area contributed by atoms with Gasteiger partial charge in [-0.25, -0.2) is 4.39 Å². The number of rotatable bonds is 5. The van der Waals surface area contributed by atoms with Gasteiger partial charge in [0.05, 0.1) is 0 Å². The zero-order chi connectivity index (χ0) is 12.8. The molecule has 0 spiro atoms. The lowest BCUT2D eigenvalue weighted by atomic mass is 9.95. The topological polar surface area (TPSA) is 3.24 Å². The quantitative estimate of drug-likeness (QED) is 0.691. The third kappa shape index (κ3) is 4.77. The second-order valence-corrected chi connectivity index (χ2v) is 5.31. The van der Waals surface area contributed by atoms with Gasteiger partial charge in [-0.3, -0.25) is 4.90 Å². The van der Waals surface area contributed by atoms with Gasteiger partial charge in [0.15, 0.2) is 0 Å². The summed E-state index contributed by atoms with van der Waals surface area (Å²) in [5.41, 5.74) is 1.28. The Kier molecular flexibility index (Phi) is 7.40. The normalized spacial score (nSPS) is 20.0. The molecule has 0 radical (unpaired) electrons. The Hall–Kier alpha value is -0.600. The van der Waals surface area contributed by atoms with E-state index in [1.807, 2.05) is 12.1 Å². The number of nitrogens with zero attached hydrogens (tertiary/aromatic N) is 1. The average molecular weight is 286 g/mol. The van der Waals surface area contributed by atoms with Crippen LogP contribution >= 0.6 is 12.4 Å². The molecule has 108 valence electrons. The zero-order valence-corrected chi connectivity index (χ0v) is 12.6. The van der Waals surface area contributed by atoms with Crippen LogP contribution in [-0.2, 0) is 0 Å². The molecule has 2 rings (SSSR count). The van der Waals surface area contributed by atoms with Crippen molar-refractivity contribution in [2.24, 2.45) is 0 Å². The molecule has 1 atom stereocenters. The van der Waals surface area contributed by atoms with Crippen LogP contribution in [0.5, 0.6) is 0 Å². The molecule has 0 aromatic heterocycles. The van der Waals surface area contributed by atoms with Gasteiger partial charge in [-0.2, -0.15) is 0 Å². The van der Waals surface area contributed by atoms with Gasteiger partial charge in [-0.15, -0.1) is 12.4 Å². The summed E-state index contributed by atoms with van der Waals surface area (Å²) in [5.74, 6) is -0.132. The van der Waals surface area contributed by atoms with Crippen molar-refractivity contribution in [3.05, 3.63) is 35.6 Å². The Morgan fingerprint density at radius 1 is 1.16 bits per heavy atom. The summed E-state index contributed by atoms with van der Waals surface area (Å²) in [7, 11) is 0. The molecule has 0 saturated carbocycles. The highest BCUT2D eigenvalue weighted by atomic mass is 35.5. The molecule has 1 aromatic rings. The molecule has 1 unspecified atom stereocenters. The summed E-state index contributed by atoms with van der Waals surface area (Å²) in [5, 5.41) is 0. The molecule has 0 amide bonds. The van der Waals surface area contributed by atoms with Crippen LogP contribution in [0.25, 0.3) is 0 Å². The minimum atomic E-state index is -0.132. The lowest BCUT2D eigenvalue weighted by molar-refractivity contribution is 0.146. The predicted molar refractivity (Wildman–Crippen MR) is 81.3 cm³/mol. The summed E-state index contributed by atoms with van der Waals surface area (Å²) < 4.78 is 13.0. The van der Waals surface area contributed by atoms with Crippen molar-refractivity contribution in [1.82, 2.24) is 4.90 Å². The monoisotopic (exact) mass is 285 g/mol. The number of unbranched alkanes of at least 4 members (excludes halogenated alkanes) is 2. The number of likely N-dealkylation sites (tertiary alicyclic amines) is 1. The first-order chi connectivity index (χ1) is 8.81. The Bertz CT molecular complexity index is 352. The molecular formula is C16H25ClFN. The lowest BCUT2D eigenvalue weighted by Crippen LogP contribution is -2.34. The molecule has 0 bridgehead atoms. The molecule has 3 heteroatoms. The van der Waals surface area contributed by atoms with Crippen molar-refractivity contribution in [3.8, 4) is 0 Å². The van der Waals surface area contributed by atoms with Crippen LogP contribution in [0.15, 0.2) is 24.3 Å². The van der Waals surface area contributed by atoms with Crippen LogP contribution < -0.4 is 0 Å². The van der Waals surface area contributed by atoms with E-state index in [1.165, 1.54) is 57.2 Å². The van der Waals surface area contributed by atoms with Gasteiger partial charge >= 0.3 is 0 Å². The van der Waals surface area contributed by atoms with Crippen LogP contribution in [0.3, 0.4) is 0 Å². The summed E-state index contributed by atoms with van der Waals surface area (Å²) in [6.45, 7) is 4.63. The fraction of sp³-hybridized carbons (Fsp3) is 0.625. The highest BCUT2D eigenvalue weighted by Crippen LogP contribution is 2.31. The van der Waals surface area contributed by atoms with Gasteiger partial charge in [-0.1, -0.05) is 38.3 Å². The molecular weight excluding hydrogens is 261 g/mol. The smallest absolute Gasteiger partial charge is 0.123 e. The van der Waals surface area contributed by atoms with Crippen LogP contribution in [0, 0.1) is 5.82 Å². The number of hydrogen-bond donors (Lipinski definition) is 0. The van der Waals surface area contributed by atoms with Gasteiger partial charge < -0.3 is 0 Å². The third-order valence-corrected chi connectivity index (χ3v) is 3.92. The molecule has 1 aliphatic heterocycles. The Morgan fingerprint density at radius 3 is 2.58 bits per heavy atom. The van der Waals surface area contributed by atoms with Crippen molar-refractivity contribution in [3.63, 3.8) is 0 Å². The van der Waals surface area contributed by atoms with E-state index in [-0.39, 0.29) is 18.2 Å². The van der Waals surface area contributed by atoms with Crippen LogP contribution in [0.4, 0.5) is 4.39 Å². The molecule has 1 nitrogen and oxygen atoms in total. The number of halogens is 2. The summed E-state index contributed by atoms with van der Waals surface area (Å²) in [4.78, 5) is 2.59. The first-order valence-corrected chi connectivity index (χ1v) is 7.31. The van der Waals surface area contributed by atoms with E-state index >= 15 is 0 Å². The fourth-order valence-electron chi connectivity index (χ4n) is 2.89. The van der Waals surface area contributed by atoms with Crippen molar-refractivity contribution < 1.29 is 4.39 Å². The highest BCUT2D eigenvalue weighted by Gasteiger charge is 2.23. The van der Waals surface area contributed by atoms with Crippen LogP contribution in [0.1, 0.15) is 57.1 Å². The van der Waals surface area contributed by atoms with Gasteiger partial charge in [0.1, 0.15) is 5.82 Å². The van der Waals surface area contributed by atoms with Gasteiger partial charge in [-0.05, 0) is 50.0 Å². The number of piperidine rings is 1. The van der Waals surface area contributed by atoms with Crippen molar-refractivity contribution in [2.45, 2.75) is 51.5 Å². The van der Waals surface area contributed by atoms with E-state index < -0.39 is 0 Å². The standard InChI is InChI=1S/C16H24FN.ClH/c1-2-3-5-12-18-13-6-4-7-16(18)14-8-10-15(17)11-9-14;/h8-11,16H,2-7,12-13H2,1H3;1H. The Balaban J connectivity index is 0.00000180. The first kappa shape index (κ1) is 16.5. The van der Waals surface area contributed by atoms with Crippen LogP contribution in [-0.4, -0.2) is 18.0 Å². The van der Waals surface area contributed by atoms with Gasteiger partial charge in [0, 0.05) is 6.04 Å². The second-order valence-electron chi connectivity index (χ2n) is 5.31. The lowest BCUT2D eigenvalue weighted by Gasteiger charge is -2.36. The Morgan fingerprint density at radius 2 is 1.89 bits per heavy atom. The Labute approximate surface area is 122 Å². The van der Waals surface area contributed by atoms with Crippen molar-refractivity contribution in [1.29, 1.82) is 0 Å². The third-order valence-electron chi connectivity index (χ3n) is 3.92. The maximum Gasteiger partial charge on any atom is 0.123 e. The highest BCUT2D eigenvalue weighted by molar-refractivity contribution is 5.85. The van der Waals surface area contributed by atoms with Gasteiger partial charge in [0.25, 0.3) is 0 Å². The van der Waals surface area contributed by atoms with E-state index in [4.69, 9.17) is 0 Å². The molecule has 0 aliphatic carbocycles. The maximum atomic E-state index is 13.0.